The van der Waals surface area contributed by atoms with E-state index in [2.05, 4.69) is 5.32 Å². The van der Waals surface area contributed by atoms with Crippen molar-refractivity contribution in [3.63, 3.8) is 0 Å². The van der Waals surface area contributed by atoms with Crippen molar-refractivity contribution in [2.75, 3.05) is 0 Å². The van der Waals surface area contributed by atoms with Gasteiger partial charge in [-0.2, -0.15) is 13.2 Å². The van der Waals surface area contributed by atoms with Gasteiger partial charge < -0.3 is 11.1 Å². The Morgan fingerprint density at radius 3 is 2.27 bits per heavy atom. The molecule has 0 fully saturated rings. The first kappa shape index (κ1) is 19.8. The second-order valence-corrected chi connectivity index (χ2v) is 6.16. The van der Waals surface area contributed by atoms with Crippen LogP contribution in [0.25, 0.3) is 0 Å². The van der Waals surface area contributed by atoms with E-state index in [1.54, 1.807) is 24.3 Å². The highest BCUT2D eigenvalue weighted by atomic mass is 35.5. The van der Waals surface area contributed by atoms with Crippen LogP contribution in [0.1, 0.15) is 16.7 Å². The number of rotatable bonds is 6. The third-order valence-electron chi connectivity index (χ3n) is 3.65. The van der Waals surface area contributed by atoms with Gasteiger partial charge in [0.2, 0.25) is 11.8 Å². The molecule has 0 aromatic heterocycles. The van der Waals surface area contributed by atoms with Gasteiger partial charge >= 0.3 is 6.18 Å². The molecule has 0 aliphatic carbocycles. The number of alkyl halides is 3. The second kappa shape index (κ2) is 8.23. The van der Waals surface area contributed by atoms with Gasteiger partial charge in [0.25, 0.3) is 0 Å². The lowest BCUT2D eigenvalue weighted by Crippen LogP contribution is -2.46. The lowest BCUT2D eigenvalue weighted by molar-refractivity contribution is -0.137. The summed E-state index contributed by atoms with van der Waals surface area (Å²) in [6.07, 6.45) is -4.44. The van der Waals surface area contributed by atoms with E-state index in [4.69, 9.17) is 17.3 Å². The molecule has 0 bridgehead atoms. The fourth-order valence-electron chi connectivity index (χ4n) is 2.36. The fourth-order valence-corrected chi connectivity index (χ4v) is 2.58. The first-order chi connectivity index (χ1) is 12.1. The molecule has 0 radical (unpaired) electrons. The minimum atomic E-state index is -4.44. The highest BCUT2D eigenvalue weighted by Crippen LogP contribution is 2.29. The van der Waals surface area contributed by atoms with E-state index in [-0.39, 0.29) is 12.8 Å². The molecule has 138 valence electrons. The van der Waals surface area contributed by atoms with Crippen LogP contribution in [-0.2, 0) is 28.6 Å². The standard InChI is InChI=1S/C18H16ClF3N2O2/c19-14-3-1-2-12(8-14)9-15(17(23)26)24-16(25)10-11-4-6-13(7-5-11)18(20,21)22/h1-8,15H,9-10H2,(H2,23,26)(H,24,25)/t15-/m0/s1. The molecule has 0 saturated carbocycles. The van der Waals surface area contributed by atoms with E-state index >= 15 is 0 Å². The molecule has 0 spiro atoms. The first-order valence-corrected chi connectivity index (χ1v) is 8.02. The molecule has 4 nitrogen and oxygen atoms in total. The number of hydrogen-bond acceptors (Lipinski definition) is 2. The number of nitrogens with two attached hydrogens (primary N) is 1. The quantitative estimate of drug-likeness (QED) is 0.803. The van der Waals surface area contributed by atoms with Crippen LogP contribution in [-0.4, -0.2) is 17.9 Å². The Kier molecular flexibility index (Phi) is 6.26. The van der Waals surface area contributed by atoms with Crippen LogP contribution in [0.3, 0.4) is 0 Å². The summed E-state index contributed by atoms with van der Waals surface area (Å²) in [5.74, 6) is -1.23. The molecule has 3 N–H and O–H groups in total. The molecule has 0 saturated heterocycles. The van der Waals surface area contributed by atoms with Crippen LogP contribution in [0.15, 0.2) is 48.5 Å². The summed E-state index contributed by atoms with van der Waals surface area (Å²) in [5.41, 5.74) is 5.64. The van der Waals surface area contributed by atoms with E-state index in [1.807, 2.05) is 0 Å². The van der Waals surface area contributed by atoms with Gasteiger partial charge in [0, 0.05) is 11.4 Å². The van der Waals surface area contributed by atoms with Gasteiger partial charge in [-0.1, -0.05) is 35.9 Å². The maximum Gasteiger partial charge on any atom is 0.416 e. The van der Waals surface area contributed by atoms with E-state index in [9.17, 15) is 22.8 Å². The molecule has 2 aromatic rings. The number of primary amides is 1. The SMILES string of the molecule is NC(=O)[C@H](Cc1cccc(Cl)c1)NC(=O)Cc1ccc(C(F)(F)F)cc1. The van der Waals surface area contributed by atoms with Crippen LogP contribution < -0.4 is 11.1 Å². The third kappa shape index (κ3) is 5.77. The fraction of sp³-hybridized carbons (Fsp3) is 0.222. The Balaban J connectivity index is 2.00. The molecule has 0 aliphatic rings. The molecular weight excluding hydrogens is 369 g/mol. The molecule has 26 heavy (non-hydrogen) atoms. The zero-order chi connectivity index (χ0) is 19.3. The molecule has 0 heterocycles. The Bertz CT molecular complexity index is 792. The highest BCUT2D eigenvalue weighted by molar-refractivity contribution is 6.30. The van der Waals surface area contributed by atoms with Gasteiger partial charge in [0.05, 0.1) is 12.0 Å². The maximum absolute atomic E-state index is 12.5. The van der Waals surface area contributed by atoms with Crippen molar-refractivity contribution in [2.24, 2.45) is 5.73 Å². The Hall–Kier alpha value is -2.54. The van der Waals surface area contributed by atoms with Crippen LogP contribution in [0, 0.1) is 0 Å². The van der Waals surface area contributed by atoms with Crippen molar-refractivity contribution in [1.29, 1.82) is 0 Å². The minimum Gasteiger partial charge on any atom is -0.368 e. The summed E-state index contributed by atoms with van der Waals surface area (Å²) in [7, 11) is 0. The van der Waals surface area contributed by atoms with Gasteiger partial charge in [-0.05, 0) is 35.4 Å². The predicted octanol–water partition coefficient (Wildman–Crippen LogP) is 3.11. The van der Waals surface area contributed by atoms with Crippen molar-refractivity contribution in [2.45, 2.75) is 25.1 Å². The summed E-state index contributed by atoms with van der Waals surface area (Å²) in [6.45, 7) is 0. The lowest BCUT2D eigenvalue weighted by atomic mass is 10.0. The monoisotopic (exact) mass is 384 g/mol. The average Bonchev–Trinajstić information content (AvgIpc) is 2.53. The first-order valence-electron chi connectivity index (χ1n) is 7.64. The summed E-state index contributed by atoms with van der Waals surface area (Å²) < 4.78 is 37.6. The minimum absolute atomic E-state index is 0.161. The van der Waals surface area contributed by atoms with Crippen LogP contribution in [0.5, 0.6) is 0 Å². The van der Waals surface area contributed by atoms with Crippen molar-refractivity contribution in [3.05, 3.63) is 70.2 Å². The van der Waals surface area contributed by atoms with E-state index in [0.717, 1.165) is 17.7 Å². The molecule has 2 aromatic carbocycles. The van der Waals surface area contributed by atoms with E-state index < -0.39 is 29.6 Å². The normalized spacial score (nSPS) is 12.5. The van der Waals surface area contributed by atoms with Gasteiger partial charge in [-0.25, -0.2) is 0 Å². The Morgan fingerprint density at radius 1 is 1.08 bits per heavy atom. The van der Waals surface area contributed by atoms with Gasteiger partial charge in [-0.15, -0.1) is 0 Å². The van der Waals surface area contributed by atoms with Gasteiger partial charge in [-0.3, -0.25) is 9.59 Å². The summed E-state index contributed by atoms with van der Waals surface area (Å²) >= 11 is 5.88. The number of halogens is 4. The number of carbonyl (C=O) groups is 2. The van der Waals surface area contributed by atoms with Crippen molar-refractivity contribution in [3.8, 4) is 0 Å². The van der Waals surface area contributed by atoms with Crippen molar-refractivity contribution >= 4 is 23.4 Å². The topological polar surface area (TPSA) is 72.2 Å². The molecule has 2 rings (SSSR count). The number of nitrogens with one attached hydrogen (secondary N) is 1. The van der Waals surface area contributed by atoms with Crippen LogP contribution >= 0.6 is 11.6 Å². The highest BCUT2D eigenvalue weighted by Gasteiger charge is 2.30. The summed E-state index contributed by atoms with van der Waals surface area (Å²) in [5, 5.41) is 2.99. The molecule has 8 heteroatoms. The van der Waals surface area contributed by atoms with Gasteiger partial charge in [0.1, 0.15) is 6.04 Å². The lowest BCUT2D eigenvalue weighted by Gasteiger charge is -2.16. The summed E-state index contributed by atoms with van der Waals surface area (Å²) in [6, 6.07) is 10.1. The van der Waals surface area contributed by atoms with E-state index in [1.165, 1.54) is 12.1 Å². The Labute approximate surface area is 153 Å². The zero-order valence-corrected chi connectivity index (χ0v) is 14.3. The summed E-state index contributed by atoms with van der Waals surface area (Å²) in [4.78, 5) is 23.7. The predicted molar refractivity (Wildman–Crippen MR) is 91.4 cm³/mol. The second-order valence-electron chi connectivity index (χ2n) is 5.73. The molecule has 2 amide bonds. The zero-order valence-electron chi connectivity index (χ0n) is 13.5. The third-order valence-corrected chi connectivity index (χ3v) is 3.89. The molecule has 0 aliphatic heterocycles. The van der Waals surface area contributed by atoms with Crippen molar-refractivity contribution < 1.29 is 22.8 Å². The van der Waals surface area contributed by atoms with Crippen LogP contribution in [0.2, 0.25) is 5.02 Å². The smallest absolute Gasteiger partial charge is 0.368 e. The molecule has 0 unspecified atom stereocenters. The van der Waals surface area contributed by atoms with E-state index in [0.29, 0.717) is 10.6 Å². The number of carbonyl (C=O) groups excluding carboxylic acids is 2. The van der Waals surface area contributed by atoms with Crippen LogP contribution in [0.4, 0.5) is 13.2 Å². The Morgan fingerprint density at radius 2 is 1.73 bits per heavy atom. The van der Waals surface area contributed by atoms with Gasteiger partial charge in [0.15, 0.2) is 0 Å². The number of benzene rings is 2. The average molecular weight is 385 g/mol. The number of amides is 2. The number of hydrogen-bond donors (Lipinski definition) is 2. The largest absolute Gasteiger partial charge is 0.416 e. The molecule has 1 atom stereocenters. The van der Waals surface area contributed by atoms with Crippen molar-refractivity contribution in [1.82, 2.24) is 5.32 Å². The molecular formula is C18H16ClF3N2O2. The maximum atomic E-state index is 12.5.